The molecule has 0 aliphatic carbocycles. The first-order valence-electron chi connectivity index (χ1n) is 11.9. The molecule has 1 amide bonds. The number of hydrogen-bond acceptors (Lipinski definition) is 6. The lowest BCUT2D eigenvalue weighted by Crippen LogP contribution is -2.29. The summed E-state index contributed by atoms with van der Waals surface area (Å²) in [6.45, 7) is 6.93. The predicted octanol–water partition coefficient (Wildman–Crippen LogP) is 4.30. The number of sulfone groups is 1. The van der Waals surface area contributed by atoms with E-state index in [2.05, 4.69) is 15.3 Å². The Hall–Kier alpha value is -3.25. The maximum Gasteiger partial charge on any atom is 0.416 e. The van der Waals surface area contributed by atoms with Crippen LogP contribution in [0.2, 0.25) is 0 Å². The molecule has 0 fully saturated rings. The fourth-order valence-corrected chi connectivity index (χ4v) is 4.93. The zero-order valence-electron chi connectivity index (χ0n) is 21.9. The van der Waals surface area contributed by atoms with E-state index in [9.17, 15) is 26.4 Å². The molecule has 0 atom stereocenters. The van der Waals surface area contributed by atoms with Gasteiger partial charge in [0.15, 0.2) is 9.84 Å². The number of ether oxygens (including phenoxy) is 1. The van der Waals surface area contributed by atoms with Gasteiger partial charge in [0.05, 0.1) is 35.1 Å². The van der Waals surface area contributed by atoms with E-state index in [0.717, 1.165) is 6.07 Å². The van der Waals surface area contributed by atoms with Crippen molar-refractivity contribution in [2.75, 3.05) is 19.5 Å². The van der Waals surface area contributed by atoms with Crippen LogP contribution < -0.4 is 5.32 Å². The van der Waals surface area contributed by atoms with E-state index in [1.165, 1.54) is 50.6 Å². The number of carbonyl (C=O) groups is 1. The maximum atomic E-state index is 13.7. The third-order valence-electron chi connectivity index (χ3n) is 6.16. The number of halogens is 3. The summed E-state index contributed by atoms with van der Waals surface area (Å²) in [7, 11) is -1.88. The van der Waals surface area contributed by atoms with Crippen molar-refractivity contribution >= 4 is 15.7 Å². The maximum absolute atomic E-state index is 13.7. The van der Waals surface area contributed by atoms with Crippen LogP contribution in [-0.4, -0.2) is 48.3 Å². The standard InChI is InChI=1S/C26H31F3N4O4S/c1-6-38(35,36)20-12-11-19(30-14-20)13-31-23(34)22-17(2)33(24(32-22)25(3,4)16-37-5)15-18-9-7-8-10-21(18)26(27,28)29/h7-12,14H,6,13,15-16H2,1-5H3,(H,31,34). The van der Waals surface area contributed by atoms with Crippen molar-refractivity contribution in [2.24, 2.45) is 0 Å². The molecular weight excluding hydrogens is 521 g/mol. The van der Waals surface area contributed by atoms with Gasteiger partial charge in [0.2, 0.25) is 0 Å². The molecule has 0 aliphatic rings. The smallest absolute Gasteiger partial charge is 0.384 e. The summed E-state index contributed by atoms with van der Waals surface area (Å²) in [5.41, 5.74) is -0.519. The highest BCUT2D eigenvalue weighted by Gasteiger charge is 2.35. The number of methoxy groups -OCH3 is 1. The molecule has 1 N–H and O–H groups in total. The predicted molar refractivity (Wildman–Crippen MR) is 136 cm³/mol. The van der Waals surface area contributed by atoms with Crippen molar-refractivity contribution < 1.29 is 31.1 Å². The van der Waals surface area contributed by atoms with Crippen molar-refractivity contribution in [3.8, 4) is 0 Å². The number of rotatable bonds is 10. The molecule has 0 spiro atoms. The fourth-order valence-electron chi connectivity index (χ4n) is 4.11. The molecule has 1 aromatic carbocycles. The average molecular weight is 553 g/mol. The largest absolute Gasteiger partial charge is 0.416 e. The Kier molecular flexibility index (Phi) is 8.67. The Morgan fingerprint density at radius 2 is 1.82 bits per heavy atom. The molecule has 0 saturated carbocycles. The number of amides is 1. The number of carbonyl (C=O) groups excluding carboxylic acids is 1. The third-order valence-corrected chi connectivity index (χ3v) is 7.88. The Balaban J connectivity index is 1.93. The quantitative estimate of drug-likeness (QED) is 0.402. The molecule has 3 rings (SSSR count). The van der Waals surface area contributed by atoms with Crippen LogP contribution in [0.25, 0.3) is 0 Å². The minimum atomic E-state index is -4.54. The Bertz CT molecular complexity index is 1400. The van der Waals surface area contributed by atoms with Crippen LogP contribution >= 0.6 is 0 Å². The van der Waals surface area contributed by atoms with E-state index in [-0.39, 0.29) is 41.6 Å². The molecule has 0 radical (unpaired) electrons. The van der Waals surface area contributed by atoms with Gasteiger partial charge < -0.3 is 14.6 Å². The van der Waals surface area contributed by atoms with E-state index < -0.39 is 32.9 Å². The van der Waals surface area contributed by atoms with Crippen molar-refractivity contribution in [3.63, 3.8) is 0 Å². The highest BCUT2D eigenvalue weighted by atomic mass is 32.2. The van der Waals surface area contributed by atoms with E-state index in [1.54, 1.807) is 11.5 Å². The van der Waals surface area contributed by atoms with E-state index >= 15 is 0 Å². The molecular formula is C26H31F3N4O4S. The highest BCUT2D eigenvalue weighted by molar-refractivity contribution is 7.91. The number of benzene rings is 1. The van der Waals surface area contributed by atoms with Crippen molar-refractivity contribution in [1.29, 1.82) is 0 Å². The van der Waals surface area contributed by atoms with Gasteiger partial charge in [-0.2, -0.15) is 13.2 Å². The lowest BCUT2D eigenvalue weighted by atomic mass is 9.93. The first-order chi connectivity index (χ1) is 17.7. The lowest BCUT2D eigenvalue weighted by molar-refractivity contribution is -0.138. The molecule has 0 aliphatic heterocycles. The number of aromatic nitrogens is 3. The van der Waals surface area contributed by atoms with Crippen LogP contribution in [0.5, 0.6) is 0 Å². The van der Waals surface area contributed by atoms with Crippen LogP contribution in [0.1, 0.15) is 59.6 Å². The van der Waals surface area contributed by atoms with Crippen LogP contribution in [0, 0.1) is 6.92 Å². The summed E-state index contributed by atoms with van der Waals surface area (Å²) in [5, 5.41) is 2.71. The molecule has 2 aromatic heterocycles. The van der Waals surface area contributed by atoms with Gasteiger partial charge in [0, 0.05) is 31.0 Å². The Morgan fingerprint density at radius 1 is 1.13 bits per heavy atom. The van der Waals surface area contributed by atoms with Crippen LogP contribution in [-0.2, 0) is 39.3 Å². The second-order valence-corrected chi connectivity index (χ2v) is 11.8. The van der Waals surface area contributed by atoms with E-state index in [4.69, 9.17) is 4.74 Å². The number of nitrogens with zero attached hydrogens (tertiary/aromatic N) is 3. The van der Waals surface area contributed by atoms with Gasteiger partial charge in [-0.05, 0) is 30.7 Å². The van der Waals surface area contributed by atoms with Gasteiger partial charge in [-0.15, -0.1) is 0 Å². The second kappa shape index (κ2) is 11.2. The number of pyridine rings is 1. The molecule has 3 aromatic rings. The number of nitrogens with one attached hydrogen (secondary N) is 1. The summed E-state index contributed by atoms with van der Waals surface area (Å²) >= 11 is 0. The summed E-state index contributed by atoms with van der Waals surface area (Å²) in [6, 6.07) is 8.24. The SMILES string of the molecule is CCS(=O)(=O)c1ccc(CNC(=O)c2nc(C(C)(C)COC)n(Cc3ccccc3C(F)(F)F)c2C)nc1. The van der Waals surface area contributed by atoms with Crippen molar-refractivity contribution in [1.82, 2.24) is 19.9 Å². The monoisotopic (exact) mass is 552 g/mol. The minimum absolute atomic E-state index is 0.00525. The first kappa shape index (κ1) is 29.3. The molecule has 38 heavy (non-hydrogen) atoms. The second-order valence-electron chi connectivity index (χ2n) is 9.50. The van der Waals surface area contributed by atoms with E-state index in [0.29, 0.717) is 17.2 Å². The van der Waals surface area contributed by atoms with Gasteiger partial charge in [0.1, 0.15) is 11.5 Å². The lowest BCUT2D eigenvalue weighted by Gasteiger charge is -2.25. The van der Waals surface area contributed by atoms with Gasteiger partial charge in [-0.25, -0.2) is 13.4 Å². The Labute approximate surface area is 220 Å². The number of imidazole rings is 1. The minimum Gasteiger partial charge on any atom is -0.384 e. The normalized spacial score (nSPS) is 12.5. The zero-order valence-corrected chi connectivity index (χ0v) is 22.7. The summed E-state index contributed by atoms with van der Waals surface area (Å²) < 4.78 is 71.9. The van der Waals surface area contributed by atoms with Crippen LogP contribution in [0.4, 0.5) is 13.2 Å². The van der Waals surface area contributed by atoms with Crippen molar-refractivity contribution in [3.05, 3.63) is 76.6 Å². The summed E-state index contributed by atoms with van der Waals surface area (Å²) in [5.74, 6) is -0.180. The number of hydrogen-bond donors (Lipinski definition) is 1. The third kappa shape index (κ3) is 6.41. The average Bonchev–Trinajstić information content (AvgIpc) is 3.19. The molecule has 2 heterocycles. The molecule has 206 valence electrons. The van der Waals surface area contributed by atoms with Gasteiger partial charge in [-0.3, -0.25) is 9.78 Å². The Morgan fingerprint density at radius 3 is 2.39 bits per heavy atom. The van der Waals surface area contributed by atoms with Gasteiger partial charge >= 0.3 is 6.18 Å². The molecule has 0 saturated heterocycles. The van der Waals surface area contributed by atoms with Crippen LogP contribution in [0.3, 0.4) is 0 Å². The molecule has 0 bridgehead atoms. The molecule has 8 nitrogen and oxygen atoms in total. The zero-order chi connectivity index (χ0) is 28.3. The first-order valence-corrected chi connectivity index (χ1v) is 13.5. The number of alkyl halides is 3. The molecule has 12 heteroatoms. The summed E-state index contributed by atoms with van der Waals surface area (Å²) in [6.07, 6.45) is -3.30. The van der Waals surface area contributed by atoms with Crippen molar-refractivity contribution in [2.45, 2.75) is 57.3 Å². The summed E-state index contributed by atoms with van der Waals surface area (Å²) in [4.78, 5) is 21.9. The van der Waals surface area contributed by atoms with Gasteiger partial charge in [0.25, 0.3) is 5.91 Å². The topological polar surface area (TPSA) is 103 Å². The van der Waals surface area contributed by atoms with E-state index in [1.807, 2.05) is 13.8 Å². The van der Waals surface area contributed by atoms with Crippen LogP contribution in [0.15, 0.2) is 47.5 Å². The highest BCUT2D eigenvalue weighted by Crippen LogP contribution is 2.34. The fraction of sp³-hybridized carbons (Fsp3) is 0.423. The molecule has 0 unspecified atom stereocenters. The van der Waals surface area contributed by atoms with Gasteiger partial charge in [-0.1, -0.05) is 39.0 Å².